The Bertz CT molecular complexity index is 967. The van der Waals surface area contributed by atoms with Crippen LogP contribution in [-0.4, -0.2) is 24.2 Å². The summed E-state index contributed by atoms with van der Waals surface area (Å²) in [5.41, 5.74) is 1.32. The van der Waals surface area contributed by atoms with E-state index in [9.17, 15) is 18.8 Å². The fourth-order valence-electron chi connectivity index (χ4n) is 2.40. The smallest absolute Gasteiger partial charge is 0.312 e. The summed E-state index contributed by atoms with van der Waals surface area (Å²) in [7, 11) is 0. The number of esters is 1. The van der Waals surface area contributed by atoms with Crippen molar-refractivity contribution in [2.75, 3.05) is 6.54 Å². The van der Waals surface area contributed by atoms with Crippen LogP contribution in [-0.2, 0) is 4.79 Å². The van der Waals surface area contributed by atoms with E-state index in [-0.39, 0.29) is 24.7 Å². The highest BCUT2D eigenvalue weighted by atomic mass is 32.1. The zero-order chi connectivity index (χ0) is 19.9. The Hall–Kier alpha value is -3.32. The maximum Gasteiger partial charge on any atom is 0.312 e. The molecule has 3 rings (SSSR count). The second kappa shape index (κ2) is 9.05. The molecule has 1 aromatic heterocycles. The van der Waals surface area contributed by atoms with Gasteiger partial charge in [-0.15, -0.1) is 0 Å². The zero-order valence-electron chi connectivity index (χ0n) is 14.7. The molecule has 0 fully saturated rings. The molecule has 5 nitrogen and oxygen atoms in total. The van der Waals surface area contributed by atoms with E-state index in [1.54, 1.807) is 16.8 Å². The number of thiophene rings is 1. The summed E-state index contributed by atoms with van der Waals surface area (Å²) in [6.45, 7) is 0.161. The van der Waals surface area contributed by atoms with Crippen LogP contribution in [0.2, 0.25) is 0 Å². The van der Waals surface area contributed by atoms with Crippen LogP contribution in [0.15, 0.2) is 65.4 Å². The molecule has 2 aromatic carbocycles. The first-order chi connectivity index (χ1) is 13.5. The highest BCUT2D eigenvalue weighted by Crippen LogP contribution is 2.16. The first-order valence-electron chi connectivity index (χ1n) is 8.44. The Morgan fingerprint density at radius 2 is 1.54 bits per heavy atom. The highest BCUT2D eigenvalue weighted by Gasteiger charge is 2.11. The molecule has 0 saturated heterocycles. The molecule has 0 bridgehead atoms. The van der Waals surface area contributed by atoms with Gasteiger partial charge < -0.3 is 10.1 Å². The minimum atomic E-state index is -0.497. The number of nitrogens with one attached hydrogen (secondary N) is 1. The molecule has 7 heteroatoms. The van der Waals surface area contributed by atoms with Crippen LogP contribution in [0, 0.1) is 5.82 Å². The van der Waals surface area contributed by atoms with Crippen molar-refractivity contribution < 1.29 is 23.5 Å². The van der Waals surface area contributed by atoms with Crippen LogP contribution in [0.4, 0.5) is 4.39 Å². The van der Waals surface area contributed by atoms with Crippen molar-refractivity contribution >= 4 is 29.0 Å². The van der Waals surface area contributed by atoms with Gasteiger partial charge in [0.25, 0.3) is 5.91 Å². The Morgan fingerprint density at radius 3 is 2.14 bits per heavy atom. The fourth-order valence-corrected chi connectivity index (χ4v) is 3.03. The lowest BCUT2D eigenvalue weighted by Gasteiger charge is -2.07. The van der Waals surface area contributed by atoms with Crippen LogP contribution < -0.4 is 10.1 Å². The van der Waals surface area contributed by atoms with Gasteiger partial charge in [-0.25, -0.2) is 4.39 Å². The number of rotatable bonds is 7. The molecular weight excluding hydrogens is 381 g/mol. The number of hydrogen-bond acceptors (Lipinski definition) is 5. The van der Waals surface area contributed by atoms with Gasteiger partial charge in [0.2, 0.25) is 0 Å². The van der Waals surface area contributed by atoms with Gasteiger partial charge in [0.15, 0.2) is 5.78 Å². The van der Waals surface area contributed by atoms with E-state index in [1.807, 2.05) is 0 Å². The molecule has 0 saturated carbocycles. The van der Waals surface area contributed by atoms with E-state index in [0.717, 1.165) is 0 Å². The first-order valence-corrected chi connectivity index (χ1v) is 9.38. The summed E-state index contributed by atoms with van der Waals surface area (Å²) >= 11 is 1.42. The number of amides is 1. The Kier molecular flexibility index (Phi) is 6.29. The van der Waals surface area contributed by atoms with Gasteiger partial charge in [0.05, 0.1) is 6.42 Å². The van der Waals surface area contributed by atoms with Crippen molar-refractivity contribution in [3.05, 3.63) is 87.9 Å². The summed E-state index contributed by atoms with van der Waals surface area (Å²) in [5, 5.41) is 6.17. The third-order valence-electron chi connectivity index (χ3n) is 3.85. The average Bonchev–Trinajstić information content (AvgIpc) is 3.23. The summed E-state index contributed by atoms with van der Waals surface area (Å²) in [6, 6.07) is 13.1. The molecule has 1 heterocycles. The third-order valence-corrected chi connectivity index (χ3v) is 4.54. The van der Waals surface area contributed by atoms with Crippen LogP contribution in [0.5, 0.6) is 5.75 Å². The van der Waals surface area contributed by atoms with Crippen molar-refractivity contribution in [3.63, 3.8) is 0 Å². The maximum absolute atomic E-state index is 12.9. The molecule has 1 amide bonds. The van der Waals surface area contributed by atoms with Crippen LogP contribution in [0.3, 0.4) is 0 Å². The Balaban J connectivity index is 1.49. The van der Waals surface area contributed by atoms with E-state index in [4.69, 9.17) is 4.74 Å². The lowest BCUT2D eigenvalue weighted by Crippen LogP contribution is -2.26. The number of ether oxygens (including phenoxy) is 1. The molecule has 0 atom stereocenters. The molecular formula is C21H16FNO4S. The predicted molar refractivity (Wildman–Crippen MR) is 103 cm³/mol. The van der Waals surface area contributed by atoms with Gasteiger partial charge in [-0.05, 0) is 60.0 Å². The summed E-state index contributed by atoms with van der Waals surface area (Å²) in [5.74, 6) is -1.11. The summed E-state index contributed by atoms with van der Waals surface area (Å²) < 4.78 is 18.1. The largest absolute Gasteiger partial charge is 0.426 e. The second-order valence-corrected chi connectivity index (χ2v) is 6.63. The van der Waals surface area contributed by atoms with E-state index in [1.165, 1.54) is 59.9 Å². The number of halogens is 1. The van der Waals surface area contributed by atoms with Crippen molar-refractivity contribution in [3.8, 4) is 5.75 Å². The van der Waals surface area contributed by atoms with Crippen LogP contribution in [0.25, 0.3) is 0 Å². The lowest BCUT2D eigenvalue weighted by molar-refractivity contribution is -0.134. The number of carbonyl (C=O) groups is 3. The number of carbonyl (C=O) groups excluding carboxylic acids is 3. The minimum absolute atomic E-state index is 0.0200. The third kappa shape index (κ3) is 5.11. The summed E-state index contributed by atoms with van der Waals surface area (Å²) in [4.78, 5) is 36.0. The normalized spacial score (nSPS) is 10.3. The maximum atomic E-state index is 12.9. The van der Waals surface area contributed by atoms with Gasteiger partial charge in [0.1, 0.15) is 11.6 Å². The van der Waals surface area contributed by atoms with Crippen LogP contribution in [0.1, 0.15) is 32.7 Å². The SMILES string of the molecule is O=C(CCNC(=O)c1ccsc1)Oc1ccc(C(=O)c2ccc(F)cc2)cc1. The molecule has 0 aliphatic carbocycles. The van der Waals surface area contributed by atoms with Gasteiger partial charge in [-0.2, -0.15) is 11.3 Å². The topological polar surface area (TPSA) is 72.5 Å². The Morgan fingerprint density at radius 1 is 0.893 bits per heavy atom. The van der Waals surface area contributed by atoms with Gasteiger partial charge in [0, 0.05) is 28.6 Å². The van der Waals surface area contributed by atoms with Crippen molar-refractivity contribution in [2.45, 2.75) is 6.42 Å². The van der Waals surface area contributed by atoms with Crippen molar-refractivity contribution in [2.24, 2.45) is 0 Å². The predicted octanol–water partition coefficient (Wildman–Crippen LogP) is 3.84. The molecule has 1 N–H and O–H groups in total. The minimum Gasteiger partial charge on any atom is -0.426 e. The molecule has 0 radical (unpaired) electrons. The molecule has 0 aliphatic heterocycles. The monoisotopic (exact) mass is 397 g/mol. The molecule has 0 aliphatic rings. The highest BCUT2D eigenvalue weighted by molar-refractivity contribution is 7.08. The van der Waals surface area contributed by atoms with Gasteiger partial charge in [-0.1, -0.05) is 0 Å². The number of ketones is 1. The zero-order valence-corrected chi connectivity index (χ0v) is 15.5. The summed E-state index contributed by atoms with van der Waals surface area (Å²) in [6.07, 6.45) is 0.0200. The molecule has 0 unspecified atom stereocenters. The first kappa shape index (κ1) is 19.4. The van der Waals surface area contributed by atoms with Crippen molar-refractivity contribution in [1.82, 2.24) is 5.32 Å². The van der Waals surface area contributed by atoms with E-state index in [2.05, 4.69) is 5.32 Å². The second-order valence-electron chi connectivity index (χ2n) is 5.85. The van der Waals surface area contributed by atoms with E-state index in [0.29, 0.717) is 22.4 Å². The molecule has 28 heavy (non-hydrogen) atoms. The standard InChI is InChI=1S/C21H16FNO4S/c22-17-5-1-14(2-6-17)20(25)15-3-7-18(8-4-15)27-19(24)9-11-23-21(26)16-10-12-28-13-16/h1-8,10,12-13H,9,11H2,(H,23,26). The van der Waals surface area contributed by atoms with Gasteiger partial charge in [-0.3, -0.25) is 14.4 Å². The average molecular weight is 397 g/mol. The lowest BCUT2D eigenvalue weighted by atomic mass is 10.0. The van der Waals surface area contributed by atoms with Crippen LogP contribution >= 0.6 is 11.3 Å². The van der Waals surface area contributed by atoms with Crippen molar-refractivity contribution in [1.29, 1.82) is 0 Å². The quantitative estimate of drug-likeness (QED) is 0.373. The van der Waals surface area contributed by atoms with E-state index < -0.39 is 11.8 Å². The Labute approximate surface area is 164 Å². The van der Waals surface area contributed by atoms with Gasteiger partial charge >= 0.3 is 5.97 Å². The molecule has 0 spiro atoms. The number of hydrogen-bond donors (Lipinski definition) is 1. The van der Waals surface area contributed by atoms with E-state index >= 15 is 0 Å². The fraction of sp³-hybridized carbons (Fsp3) is 0.0952. The molecule has 3 aromatic rings. The molecule has 142 valence electrons. The number of benzene rings is 2.